The molecule has 1 aliphatic heterocycles. The van der Waals surface area contributed by atoms with Crippen molar-refractivity contribution in [3.05, 3.63) is 29.8 Å². The first-order valence-electron chi connectivity index (χ1n) is 6.55. The van der Waals surface area contributed by atoms with Gasteiger partial charge in [-0.1, -0.05) is 37.7 Å². The lowest BCUT2D eigenvalue weighted by Crippen LogP contribution is -2.24. The molecular weight excluding hydrogens is 258 g/mol. The minimum absolute atomic E-state index is 0.0785. The third-order valence-electron chi connectivity index (χ3n) is 3.29. The number of hydrogen-bond donors (Lipinski definition) is 0. The fourth-order valence-corrected chi connectivity index (χ4v) is 3.20. The van der Waals surface area contributed by atoms with Crippen molar-refractivity contribution < 1.29 is 9.59 Å². The molecule has 3 nitrogen and oxygen atoms in total. The smallest absolute Gasteiger partial charge is 0.228 e. The normalized spacial score (nSPS) is 19.3. The Morgan fingerprint density at radius 1 is 1.32 bits per heavy atom. The van der Waals surface area contributed by atoms with E-state index in [1.54, 1.807) is 11.8 Å². The molecule has 1 aliphatic rings. The zero-order valence-electron chi connectivity index (χ0n) is 11.6. The Kier molecular flexibility index (Phi) is 4.30. The Labute approximate surface area is 118 Å². The summed E-state index contributed by atoms with van der Waals surface area (Å²) in [5.41, 5.74) is 2.20. The van der Waals surface area contributed by atoms with Crippen LogP contribution in [0.3, 0.4) is 0 Å². The lowest BCUT2D eigenvalue weighted by Gasteiger charge is -2.17. The van der Waals surface area contributed by atoms with Crippen molar-refractivity contribution in [1.82, 2.24) is 0 Å². The standard InChI is InChI=1S/C15H19NO2S/c1-10(2)12-4-6-13(7-5-12)16-9-14(8-15(16)18)19-11(3)17/h4-7,10,14H,8-9H2,1-3H3. The second kappa shape index (κ2) is 5.78. The number of anilines is 1. The van der Waals surface area contributed by atoms with Crippen LogP contribution in [-0.2, 0) is 9.59 Å². The number of rotatable bonds is 3. The summed E-state index contributed by atoms with van der Waals surface area (Å²) in [7, 11) is 0. The molecular formula is C15H19NO2S. The molecule has 1 fully saturated rings. The van der Waals surface area contributed by atoms with Crippen LogP contribution < -0.4 is 4.90 Å². The fourth-order valence-electron chi connectivity index (χ4n) is 2.28. The zero-order chi connectivity index (χ0) is 14.0. The monoisotopic (exact) mass is 277 g/mol. The maximum Gasteiger partial charge on any atom is 0.228 e. The van der Waals surface area contributed by atoms with Gasteiger partial charge in [0.2, 0.25) is 5.91 Å². The third kappa shape index (κ3) is 3.38. The van der Waals surface area contributed by atoms with Gasteiger partial charge in [-0.3, -0.25) is 9.59 Å². The highest BCUT2D eigenvalue weighted by Crippen LogP contribution is 2.29. The molecule has 4 heteroatoms. The number of hydrogen-bond acceptors (Lipinski definition) is 3. The van der Waals surface area contributed by atoms with Gasteiger partial charge in [-0.25, -0.2) is 0 Å². The number of carbonyl (C=O) groups excluding carboxylic acids is 2. The van der Waals surface area contributed by atoms with Gasteiger partial charge in [0.05, 0.1) is 0 Å². The van der Waals surface area contributed by atoms with Gasteiger partial charge in [0.1, 0.15) is 0 Å². The Bertz CT molecular complexity index is 481. The van der Waals surface area contributed by atoms with Gasteiger partial charge in [-0.2, -0.15) is 0 Å². The maximum absolute atomic E-state index is 12.0. The highest BCUT2D eigenvalue weighted by Gasteiger charge is 2.31. The average Bonchev–Trinajstić information content (AvgIpc) is 2.69. The SMILES string of the molecule is CC(=O)SC1CC(=O)N(c2ccc(C(C)C)cc2)C1. The molecule has 0 aromatic heterocycles. The van der Waals surface area contributed by atoms with Crippen LogP contribution in [0.25, 0.3) is 0 Å². The predicted octanol–water partition coefficient (Wildman–Crippen LogP) is 3.20. The molecule has 102 valence electrons. The molecule has 1 aromatic carbocycles. The van der Waals surface area contributed by atoms with E-state index in [1.165, 1.54) is 17.3 Å². The van der Waals surface area contributed by atoms with Crippen molar-refractivity contribution in [2.45, 2.75) is 38.4 Å². The summed E-state index contributed by atoms with van der Waals surface area (Å²) in [6.07, 6.45) is 0.455. The molecule has 1 amide bonds. The summed E-state index contributed by atoms with van der Waals surface area (Å²) < 4.78 is 0. The lowest BCUT2D eigenvalue weighted by atomic mass is 10.0. The van der Waals surface area contributed by atoms with E-state index in [-0.39, 0.29) is 16.3 Å². The molecule has 0 bridgehead atoms. The molecule has 1 unspecified atom stereocenters. The summed E-state index contributed by atoms with van der Waals surface area (Å²) in [6.45, 7) is 6.48. The van der Waals surface area contributed by atoms with E-state index in [0.717, 1.165) is 5.69 Å². The van der Waals surface area contributed by atoms with E-state index in [4.69, 9.17) is 0 Å². The highest BCUT2D eigenvalue weighted by atomic mass is 32.2. The van der Waals surface area contributed by atoms with E-state index in [0.29, 0.717) is 18.9 Å². The molecule has 1 atom stereocenters. The van der Waals surface area contributed by atoms with Gasteiger partial charge < -0.3 is 4.90 Å². The second-order valence-electron chi connectivity index (χ2n) is 5.19. The molecule has 1 aromatic rings. The third-order valence-corrected chi connectivity index (χ3v) is 4.27. The Morgan fingerprint density at radius 2 is 1.95 bits per heavy atom. The Balaban J connectivity index is 2.09. The number of amides is 1. The molecule has 0 spiro atoms. The summed E-state index contributed by atoms with van der Waals surface area (Å²) in [6, 6.07) is 8.12. The van der Waals surface area contributed by atoms with Crippen LogP contribution in [0.5, 0.6) is 0 Å². The second-order valence-corrected chi connectivity index (χ2v) is 6.66. The first-order chi connectivity index (χ1) is 8.97. The van der Waals surface area contributed by atoms with E-state index in [9.17, 15) is 9.59 Å². The van der Waals surface area contributed by atoms with Crippen molar-refractivity contribution in [2.24, 2.45) is 0 Å². The minimum Gasteiger partial charge on any atom is -0.311 e. The van der Waals surface area contributed by atoms with Gasteiger partial charge in [0, 0.05) is 30.8 Å². The van der Waals surface area contributed by atoms with Gasteiger partial charge in [0.15, 0.2) is 5.12 Å². The average molecular weight is 277 g/mol. The van der Waals surface area contributed by atoms with Crippen LogP contribution in [0.2, 0.25) is 0 Å². The van der Waals surface area contributed by atoms with Crippen LogP contribution in [0.15, 0.2) is 24.3 Å². The number of carbonyl (C=O) groups is 2. The van der Waals surface area contributed by atoms with Crippen molar-refractivity contribution >= 4 is 28.5 Å². The highest BCUT2D eigenvalue weighted by molar-refractivity contribution is 8.14. The summed E-state index contributed by atoms with van der Waals surface area (Å²) in [4.78, 5) is 24.9. The number of benzene rings is 1. The summed E-state index contributed by atoms with van der Waals surface area (Å²) in [5, 5.41) is 0.171. The Morgan fingerprint density at radius 3 is 2.47 bits per heavy atom. The maximum atomic E-state index is 12.0. The Hall–Kier alpha value is -1.29. The molecule has 1 saturated heterocycles. The minimum atomic E-state index is 0.0785. The van der Waals surface area contributed by atoms with E-state index < -0.39 is 0 Å². The molecule has 1 heterocycles. The van der Waals surface area contributed by atoms with Gasteiger partial charge in [0.25, 0.3) is 0 Å². The van der Waals surface area contributed by atoms with Crippen LogP contribution in [0.4, 0.5) is 5.69 Å². The van der Waals surface area contributed by atoms with Crippen LogP contribution in [0.1, 0.15) is 38.7 Å². The van der Waals surface area contributed by atoms with E-state index in [1.807, 2.05) is 12.1 Å². The van der Waals surface area contributed by atoms with Crippen LogP contribution >= 0.6 is 11.8 Å². The first kappa shape index (κ1) is 14.1. The van der Waals surface area contributed by atoms with Gasteiger partial charge >= 0.3 is 0 Å². The topological polar surface area (TPSA) is 37.4 Å². The van der Waals surface area contributed by atoms with Crippen LogP contribution in [0, 0.1) is 0 Å². The van der Waals surface area contributed by atoms with E-state index in [2.05, 4.69) is 26.0 Å². The lowest BCUT2D eigenvalue weighted by molar-refractivity contribution is -0.117. The fraction of sp³-hybridized carbons (Fsp3) is 0.467. The first-order valence-corrected chi connectivity index (χ1v) is 7.43. The summed E-state index contributed by atoms with van der Waals surface area (Å²) >= 11 is 1.27. The van der Waals surface area contributed by atoms with Crippen molar-refractivity contribution in [2.75, 3.05) is 11.4 Å². The molecule has 0 aliphatic carbocycles. The summed E-state index contributed by atoms with van der Waals surface area (Å²) in [5.74, 6) is 0.598. The predicted molar refractivity (Wildman–Crippen MR) is 79.6 cm³/mol. The van der Waals surface area contributed by atoms with E-state index >= 15 is 0 Å². The molecule has 2 rings (SSSR count). The number of thioether (sulfide) groups is 1. The number of nitrogens with zero attached hydrogens (tertiary/aromatic N) is 1. The quantitative estimate of drug-likeness (QED) is 0.851. The largest absolute Gasteiger partial charge is 0.311 e. The molecule has 0 N–H and O–H groups in total. The van der Waals surface area contributed by atoms with Crippen molar-refractivity contribution in [3.8, 4) is 0 Å². The molecule has 0 saturated carbocycles. The van der Waals surface area contributed by atoms with Gasteiger partial charge in [-0.05, 0) is 23.6 Å². The van der Waals surface area contributed by atoms with Gasteiger partial charge in [-0.15, -0.1) is 0 Å². The molecule has 0 radical (unpaired) electrons. The zero-order valence-corrected chi connectivity index (χ0v) is 12.4. The van der Waals surface area contributed by atoms with Crippen molar-refractivity contribution in [3.63, 3.8) is 0 Å². The molecule has 19 heavy (non-hydrogen) atoms. The van der Waals surface area contributed by atoms with Crippen molar-refractivity contribution in [1.29, 1.82) is 0 Å². The van der Waals surface area contributed by atoms with Crippen LogP contribution in [-0.4, -0.2) is 22.8 Å².